The van der Waals surface area contributed by atoms with Gasteiger partial charge in [0.05, 0.1) is 0 Å². The fraction of sp³-hybridized carbons (Fsp3) is 0.300. The third kappa shape index (κ3) is 1.65. The highest BCUT2D eigenvalue weighted by Crippen LogP contribution is 2.25. The molecule has 0 radical (unpaired) electrons. The number of carbonyl (C=O) groups is 1. The molecule has 2 aromatic rings. The Balaban J connectivity index is 1.65. The summed E-state index contributed by atoms with van der Waals surface area (Å²) in [5, 5.41) is 11.7. The van der Waals surface area contributed by atoms with Gasteiger partial charge in [-0.25, -0.2) is 0 Å². The van der Waals surface area contributed by atoms with Crippen molar-refractivity contribution in [3.63, 3.8) is 0 Å². The number of nitrogens with zero attached hydrogens (tertiary/aromatic N) is 2. The Kier molecular flexibility index (Phi) is 2.10. The third-order valence-electron chi connectivity index (χ3n) is 2.96. The highest BCUT2D eigenvalue weighted by molar-refractivity contribution is 5.92. The van der Waals surface area contributed by atoms with E-state index in [1.807, 2.05) is 0 Å². The third-order valence-corrected chi connectivity index (χ3v) is 2.96. The molecule has 3 N–H and O–H groups in total. The van der Waals surface area contributed by atoms with Crippen LogP contribution >= 0.6 is 0 Å². The zero-order valence-electron chi connectivity index (χ0n) is 8.93. The predicted molar refractivity (Wildman–Crippen MR) is 58.6 cm³/mol. The molecular formula is C10H11N5O2. The van der Waals surface area contributed by atoms with Crippen molar-refractivity contribution in [1.29, 1.82) is 0 Å². The Morgan fingerprint density at radius 3 is 2.82 bits per heavy atom. The van der Waals surface area contributed by atoms with Crippen molar-refractivity contribution in [1.82, 2.24) is 25.3 Å². The fourth-order valence-corrected chi connectivity index (χ4v) is 1.95. The highest BCUT2D eigenvalue weighted by atomic mass is 16.2. The van der Waals surface area contributed by atoms with Crippen molar-refractivity contribution in [2.75, 3.05) is 13.1 Å². The maximum Gasteiger partial charge on any atom is 0.271 e. The van der Waals surface area contributed by atoms with Gasteiger partial charge in [0, 0.05) is 37.0 Å². The van der Waals surface area contributed by atoms with Crippen LogP contribution in [0.5, 0.6) is 0 Å². The Morgan fingerprint density at radius 2 is 2.24 bits per heavy atom. The van der Waals surface area contributed by atoms with Crippen LogP contribution in [-0.2, 0) is 0 Å². The van der Waals surface area contributed by atoms with E-state index in [2.05, 4.69) is 20.4 Å². The second kappa shape index (κ2) is 3.62. The number of aromatic amines is 3. The van der Waals surface area contributed by atoms with Gasteiger partial charge < -0.3 is 10.00 Å². The van der Waals surface area contributed by atoms with Crippen molar-refractivity contribution in [2.24, 2.45) is 0 Å². The molecule has 0 atom stereocenters. The summed E-state index contributed by atoms with van der Waals surface area (Å²) in [4.78, 5) is 24.5. The van der Waals surface area contributed by atoms with Crippen molar-refractivity contribution in [3.8, 4) is 0 Å². The van der Waals surface area contributed by atoms with Crippen LogP contribution in [0.25, 0.3) is 0 Å². The van der Waals surface area contributed by atoms with Crippen molar-refractivity contribution < 1.29 is 4.79 Å². The standard InChI is InChI=1S/C10H11N5O2/c16-9-3-8(13-14-9)6-4-15(5-6)10(17)7-1-2-11-12-7/h1-3,6H,4-5H2,(H,11,12)(H2,13,14,16). The van der Waals surface area contributed by atoms with E-state index in [-0.39, 0.29) is 17.4 Å². The van der Waals surface area contributed by atoms with Gasteiger partial charge in [0.15, 0.2) is 0 Å². The van der Waals surface area contributed by atoms with Crippen molar-refractivity contribution in [3.05, 3.63) is 40.1 Å². The molecule has 1 saturated heterocycles. The van der Waals surface area contributed by atoms with E-state index in [1.165, 1.54) is 6.07 Å². The lowest BCUT2D eigenvalue weighted by Gasteiger charge is -2.38. The van der Waals surface area contributed by atoms with Crippen molar-refractivity contribution in [2.45, 2.75) is 5.92 Å². The summed E-state index contributed by atoms with van der Waals surface area (Å²) in [7, 11) is 0. The zero-order chi connectivity index (χ0) is 11.8. The molecule has 0 saturated carbocycles. The first-order valence-corrected chi connectivity index (χ1v) is 5.30. The van der Waals surface area contributed by atoms with Gasteiger partial charge >= 0.3 is 0 Å². The van der Waals surface area contributed by atoms with Gasteiger partial charge in [0.25, 0.3) is 11.5 Å². The molecule has 0 aromatic carbocycles. The SMILES string of the molecule is O=C(c1ccn[nH]1)N1CC(c2cc(=O)[nH][nH]2)C1. The molecule has 0 aliphatic carbocycles. The summed E-state index contributed by atoms with van der Waals surface area (Å²) >= 11 is 0. The Hall–Kier alpha value is -2.31. The monoisotopic (exact) mass is 233 g/mol. The van der Waals surface area contributed by atoms with Crippen LogP contribution in [-0.4, -0.2) is 44.3 Å². The van der Waals surface area contributed by atoms with Crippen molar-refractivity contribution >= 4 is 5.91 Å². The Morgan fingerprint density at radius 1 is 1.41 bits per heavy atom. The van der Waals surface area contributed by atoms with Gasteiger partial charge in [-0.3, -0.25) is 19.8 Å². The molecule has 0 unspecified atom stereocenters. The van der Waals surface area contributed by atoms with Crippen LogP contribution in [0.2, 0.25) is 0 Å². The molecule has 1 aliphatic heterocycles. The molecule has 3 heterocycles. The van der Waals surface area contributed by atoms with E-state index in [0.717, 1.165) is 5.69 Å². The molecule has 88 valence electrons. The topological polar surface area (TPSA) is 97.6 Å². The Bertz CT molecular complexity index is 576. The molecule has 0 bridgehead atoms. The lowest BCUT2D eigenvalue weighted by atomic mass is 9.96. The number of hydrogen-bond acceptors (Lipinski definition) is 3. The van der Waals surface area contributed by atoms with Gasteiger partial charge in [0.1, 0.15) is 5.69 Å². The second-order valence-corrected chi connectivity index (χ2v) is 4.09. The molecule has 1 fully saturated rings. The normalized spacial score (nSPS) is 15.9. The van der Waals surface area contributed by atoms with Crippen LogP contribution in [0.15, 0.2) is 23.1 Å². The number of likely N-dealkylation sites (tertiary alicyclic amines) is 1. The van der Waals surface area contributed by atoms with Crippen LogP contribution in [0.4, 0.5) is 0 Å². The predicted octanol–water partition coefficient (Wildman–Crippen LogP) is -0.334. The van der Waals surface area contributed by atoms with E-state index >= 15 is 0 Å². The van der Waals surface area contributed by atoms with E-state index in [1.54, 1.807) is 17.2 Å². The largest absolute Gasteiger partial charge is 0.336 e. The first kappa shape index (κ1) is 9.88. The first-order chi connectivity index (χ1) is 8.24. The van der Waals surface area contributed by atoms with Gasteiger partial charge in [-0.2, -0.15) is 5.10 Å². The number of rotatable bonds is 2. The maximum atomic E-state index is 11.8. The molecule has 17 heavy (non-hydrogen) atoms. The molecule has 7 heteroatoms. The quantitative estimate of drug-likeness (QED) is 0.662. The molecule has 1 aliphatic rings. The van der Waals surface area contributed by atoms with E-state index < -0.39 is 0 Å². The zero-order valence-corrected chi connectivity index (χ0v) is 8.93. The molecule has 7 nitrogen and oxygen atoms in total. The van der Waals surface area contributed by atoms with E-state index in [9.17, 15) is 9.59 Å². The second-order valence-electron chi connectivity index (χ2n) is 4.09. The summed E-state index contributed by atoms with van der Waals surface area (Å²) in [5.74, 6) is 0.150. The lowest BCUT2D eigenvalue weighted by molar-refractivity contribution is 0.0592. The van der Waals surface area contributed by atoms with Gasteiger partial charge in [-0.1, -0.05) is 0 Å². The number of carbonyl (C=O) groups excluding carboxylic acids is 1. The first-order valence-electron chi connectivity index (χ1n) is 5.30. The Labute approximate surface area is 95.8 Å². The summed E-state index contributed by atoms with van der Waals surface area (Å²) < 4.78 is 0. The summed E-state index contributed by atoms with van der Waals surface area (Å²) in [6.45, 7) is 1.23. The fourth-order valence-electron chi connectivity index (χ4n) is 1.95. The van der Waals surface area contributed by atoms with Gasteiger partial charge in [-0.15, -0.1) is 0 Å². The minimum atomic E-state index is -0.140. The molecule has 1 amide bonds. The van der Waals surface area contributed by atoms with E-state index in [0.29, 0.717) is 18.8 Å². The van der Waals surface area contributed by atoms with E-state index in [4.69, 9.17) is 0 Å². The van der Waals surface area contributed by atoms with Crippen LogP contribution in [0.1, 0.15) is 22.1 Å². The van der Waals surface area contributed by atoms with Gasteiger partial charge in [0.2, 0.25) is 0 Å². The smallest absolute Gasteiger partial charge is 0.271 e. The average molecular weight is 233 g/mol. The lowest BCUT2D eigenvalue weighted by Crippen LogP contribution is -2.48. The van der Waals surface area contributed by atoms with Gasteiger partial charge in [-0.05, 0) is 6.07 Å². The minimum Gasteiger partial charge on any atom is -0.336 e. The number of nitrogens with one attached hydrogen (secondary N) is 3. The summed E-state index contributed by atoms with van der Waals surface area (Å²) in [5.41, 5.74) is 1.20. The number of hydrogen-bond donors (Lipinski definition) is 3. The molecule has 3 rings (SSSR count). The molecule has 0 spiro atoms. The van der Waals surface area contributed by atoms with Crippen LogP contribution in [0, 0.1) is 0 Å². The molecule has 2 aromatic heterocycles. The average Bonchev–Trinajstić information content (AvgIpc) is 2.86. The molecular weight excluding hydrogens is 222 g/mol. The minimum absolute atomic E-state index is 0.0587. The number of amides is 1. The maximum absolute atomic E-state index is 11.8. The van der Waals surface area contributed by atoms with Crippen LogP contribution < -0.4 is 5.56 Å². The number of H-pyrrole nitrogens is 3. The summed E-state index contributed by atoms with van der Waals surface area (Å²) in [6.07, 6.45) is 1.55. The van der Waals surface area contributed by atoms with Crippen LogP contribution in [0.3, 0.4) is 0 Å². The highest BCUT2D eigenvalue weighted by Gasteiger charge is 2.33. The summed E-state index contributed by atoms with van der Waals surface area (Å²) in [6, 6.07) is 3.18. The number of aromatic nitrogens is 4.